The van der Waals surface area contributed by atoms with Crippen LogP contribution in [0.5, 0.6) is 0 Å². The first-order valence-electron chi connectivity index (χ1n) is 4.80. The second kappa shape index (κ2) is 2.46. The van der Waals surface area contributed by atoms with E-state index in [1.54, 1.807) is 0 Å². The Labute approximate surface area is 74.2 Å². The van der Waals surface area contributed by atoms with Crippen molar-refractivity contribution in [3.63, 3.8) is 0 Å². The van der Waals surface area contributed by atoms with Crippen molar-refractivity contribution in [1.82, 2.24) is 0 Å². The van der Waals surface area contributed by atoms with Gasteiger partial charge in [0.1, 0.15) is 0 Å². The Kier molecular flexibility index (Phi) is 1.74. The van der Waals surface area contributed by atoms with Gasteiger partial charge < -0.3 is 9.47 Å². The third-order valence-corrected chi connectivity index (χ3v) is 3.16. The van der Waals surface area contributed by atoms with Crippen molar-refractivity contribution < 1.29 is 9.47 Å². The molecule has 0 aromatic carbocycles. The molecule has 0 aromatic rings. The second-order valence-corrected chi connectivity index (χ2v) is 4.90. The Bertz CT molecular complexity index is 182. The first-order valence-corrected chi connectivity index (χ1v) is 4.80. The number of hydrogen-bond donors (Lipinski definition) is 0. The molecule has 2 atom stereocenters. The maximum atomic E-state index is 5.66. The van der Waals surface area contributed by atoms with Gasteiger partial charge in [-0.3, -0.25) is 0 Å². The number of epoxide rings is 1. The quantitative estimate of drug-likeness (QED) is 0.561. The molecule has 0 aromatic heterocycles. The van der Waals surface area contributed by atoms with Gasteiger partial charge in [0.15, 0.2) is 0 Å². The van der Waals surface area contributed by atoms with Gasteiger partial charge in [0.25, 0.3) is 0 Å². The van der Waals surface area contributed by atoms with E-state index in [0.29, 0.717) is 5.92 Å². The van der Waals surface area contributed by atoms with Gasteiger partial charge in [-0.1, -0.05) is 0 Å². The fourth-order valence-corrected chi connectivity index (χ4v) is 2.10. The minimum atomic E-state index is 0.0673. The molecule has 0 spiro atoms. The minimum Gasteiger partial charge on any atom is -0.376 e. The Morgan fingerprint density at radius 2 is 1.83 bits per heavy atom. The molecule has 2 rings (SSSR count). The molecule has 70 valence electrons. The Hall–Kier alpha value is -0.0800. The molecule has 0 amide bonds. The van der Waals surface area contributed by atoms with Gasteiger partial charge in [-0.05, 0) is 39.5 Å². The van der Waals surface area contributed by atoms with Crippen LogP contribution in [-0.4, -0.2) is 24.4 Å². The average Bonchev–Trinajstić information content (AvgIpc) is 2.67. The van der Waals surface area contributed by atoms with Crippen LogP contribution in [0.2, 0.25) is 0 Å². The summed E-state index contributed by atoms with van der Waals surface area (Å²) in [6.07, 6.45) is 2.31. The van der Waals surface area contributed by atoms with E-state index < -0.39 is 0 Å². The summed E-state index contributed by atoms with van der Waals surface area (Å²) in [5.41, 5.74) is 0.263. The molecule has 2 nitrogen and oxygen atoms in total. The van der Waals surface area contributed by atoms with Crippen LogP contribution in [0, 0.1) is 5.92 Å². The smallest absolute Gasteiger partial charge is 0.0918 e. The van der Waals surface area contributed by atoms with Crippen LogP contribution < -0.4 is 0 Å². The molecule has 0 aliphatic carbocycles. The molecule has 2 aliphatic rings. The molecule has 2 saturated heterocycles. The van der Waals surface area contributed by atoms with Crippen LogP contribution >= 0.6 is 0 Å². The summed E-state index contributed by atoms with van der Waals surface area (Å²) in [7, 11) is 0. The zero-order valence-electron chi connectivity index (χ0n) is 8.22. The Morgan fingerprint density at radius 3 is 2.33 bits per heavy atom. The fraction of sp³-hybridized carbons (Fsp3) is 1.00. The molecule has 2 fully saturated rings. The maximum absolute atomic E-state index is 5.66. The van der Waals surface area contributed by atoms with E-state index in [0.717, 1.165) is 19.6 Å². The van der Waals surface area contributed by atoms with Crippen LogP contribution in [0.4, 0.5) is 0 Å². The lowest BCUT2D eigenvalue weighted by atomic mass is 9.81. The van der Waals surface area contributed by atoms with Gasteiger partial charge in [0, 0.05) is 6.61 Å². The summed E-state index contributed by atoms with van der Waals surface area (Å²) >= 11 is 0. The first kappa shape index (κ1) is 8.52. The second-order valence-electron chi connectivity index (χ2n) is 4.90. The van der Waals surface area contributed by atoms with E-state index in [1.165, 1.54) is 6.42 Å². The van der Waals surface area contributed by atoms with Crippen molar-refractivity contribution in [2.75, 3.05) is 13.2 Å². The largest absolute Gasteiger partial charge is 0.376 e. The highest BCUT2D eigenvalue weighted by Gasteiger charge is 2.49. The van der Waals surface area contributed by atoms with Crippen molar-refractivity contribution in [3.05, 3.63) is 0 Å². The highest BCUT2D eigenvalue weighted by atomic mass is 16.6. The van der Waals surface area contributed by atoms with E-state index in [9.17, 15) is 0 Å². The van der Waals surface area contributed by atoms with Gasteiger partial charge in [-0.25, -0.2) is 0 Å². The molecule has 2 heterocycles. The Balaban J connectivity index is 1.99. The molecule has 0 radical (unpaired) electrons. The molecule has 0 saturated carbocycles. The molecular formula is C10H18O2. The van der Waals surface area contributed by atoms with Crippen molar-refractivity contribution >= 4 is 0 Å². The molecule has 2 aliphatic heterocycles. The molecule has 0 N–H and O–H groups in total. The van der Waals surface area contributed by atoms with Crippen LogP contribution in [0.1, 0.15) is 33.6 Å². The van der Waals surface area contributed by atoms with E-state index in [-0.39, 0.29) is 11.2 Å². The summed E-state index contributed by atoms with van der Waals surface area (Å²) in [6.45, 7) is 8.42. The summed E-state index contributed by atoms with van der Waals surface area (Å²) in [5.74, 6) is 0.709. The van der Waals surface area contributed by atoms with Gasteiger partial charge in [-0.15, -0.1) is 0 Å². The van der Waals surface area contributed by atoms with Gasteiger partial charge >= 0.3 is 0 Å². The van der Waals surface area contributed by atoms with Crippen molar-refractivity contribution in [1.29, 1.82) is 0 Å². The van der Waals surface area contributed by atoms with E-state index in [4.69, 9.17) is 9.47 Å². The van der Waals surface area contributed by atoms with Crippen molar-refractivity contribution in [2.45, 2.75) is 44.8 Å². The van der Waals surface area contributed by atoms with Crippen molar-refractivity contribution in [3.8, 4) is 0 Å². The van der Waals surface area contributed by atoms with Crippen LogP contribution in [0.25, 0.3) is 0 Å². The Morgan fingerprint density at radius 1 is 1.17 bits per heavy atom. The average molecular weight is 170 g/mol. The van der Waals surface area contributed by atoms with Crippen LogP contribution in [-0.2, 0) is 9.47 Å². The standard InChI is InChI=1S/C10H18O2/c1-9(2)6-8(4-5-11-9)10(3)7-12-10/h8H,4-7H2,1-3H3. The van der Waals surface area contributed by atoms with Crippen LogP contribution in [0.3, 0.4) is 0 Å². The third-order valence-electron chi connectivity index (χ3n) is 3.16. The lowest BCUT2D eigenvalue weighted by molar-refractivity contribution is -0.0844. The summed E-state index contributed by atoms with van der Waals surface area (Å²) in [6, 6.07) is 0. The van der Waals surface area contributed by atoms with Gasteiger partial charge in [0.2, 0.25) is 0 Å². The fourth-order valence-electron chi connectivity index (χ4n) is 2.10. The molecule has 2 unspecified atom stereocenters. The van der Waals surface area contributed by atoms with Gasteiger partial charge in [0.05, 0.1) is 17.8 Å². The molecule has 0 bridgehead atoms. The highest BCUT2D eigenvalue weighted by Crippen LogP contribution is 2.43. The first-order chi connectivity index (χ1) is 5.52. The number of rotatable bonds is 1. The van der Waals surface area contributed by atoms with E-state index in [2.05, 4.69) is 20.8 Å². The van der Waals surface area contributed by atoms with Crippen molar-refractivity contribution in [2.24, 2.45) is 5.92 Å². The normalized spacial score (nSPS) is 45.8. The topological polar surface area (TPSA) is 21.8 Å². The van der Waals surface area contributed by atoms with Gasteiger partial charge in [-0.2, -0.15) is 0 Å². The minimum absolute atomic E-state index is 0.0673. The number of hydrogen-bond acceptors (Lipinski definition) is 2. The maximum Gasteiger partial charge on any atom is 0.0918 e. The third kappa shape index (κ3) is 1.50. The zero-order valence-corrected chi connectivity index (χ0v) is 8.22. The predicted octanol–water partition coefficient (Wildman–Crippen LogP) is 1.98. The SMILES string of the molecule is CC1(C)CC(C2(C)CO2)CCO1. The lowest BCUT2D eigenvalue weighted by Crippen LogP contribution is -2.39. The van der Waals surface area contributed by atoms with Crippen LogP contribution in [0.15, 0.2) is 0 Å². The molecule has 2 heteroatoms. The van der Waals surface area contributed by atoms with E-state index in [1.807, 2.05) is 0 Å². The molecular weight excluding hydrogens is 152 g/mol. The summed E-state index contributed by atoms with van der Waals surface area (Å²) in [5, 5.41) is 0. The predicted molar refractivity (Wildman–Crippen MR) is 47.1 cm³/mol. The molecule has 12 heavy (non-hydrogen) atoms. The summed E-state index contributed by atoms with van der Waals surface area (Å²) in [4.78, 5) is 0. The van der Waals surface area contributed by atoms with E-state index >= 15 is 0 Å². The highest BCUT2D eigenvalue weighted by molar-refractivity contribution is 4.97. The zero-order chi connectivity index (χ0) is 8.82. The monoisotopic (exact) mass is 170 g/mol. The number of ether oxygens (including phenoxy) is 2. The lowest BCUT2D eigenvalue weighted by Gasteiger charge is -2.37. The summed E-state index contributed by atoms with van der Waals surface area (Å²) < 4.78 is 11.1.